The number of aromatic nitrogens is 1. The lowest BCUT2D eigenvalue weighted by molar-refractivity contribution is -0.122. The third-order valence-corrected chi connectivity index (χ3v) is 6.11. The predicted octanol–water partition coefficient (Wildman–Crippen LogP) is 2.52. The van der Waals surface area contributed by atoms with E-state index in [0.717, 1.165) is 30.0 Å². The van der Waals surface area contributed by atoms with Gasteiger partial charge < -0.3 is 30.0 Å². The number of hydrogen-bond donors (Lipinski definition) is 2. The number of amides is 1. The van der Waals surface area contributed by atoms with Crippen LogP contribution in [0.2, 0.25) is 0 Å². The molecule has 3 N–H and O–H groups in total. The lowest BCUT2D eigenvalue weighted by atomic mass is 10.2. The van der Waals surface area contributed by atoms with Gasteiger partial charge >= 0.3 is 0 Å². The molecule has 0 aromatic carbocycles. The van der Waals surface area contributed by atoms with Crippen molar-refractivity contribution in [2.75, 3.05) is 71.7 Å². The summed E-state index contributed by atoms with van der Waals surface area (Å²) in [5.74, 6) is 0.927. The van der Waals surface area contributed by atoms with Crippen LogP contribution in [0.1, 0.15) is 25.7 Å². The summed E-state index contributed by atoms with van der Waals surface area (Å²) in [7, 11) is 3.38. The summed E-state index contributed by atoms with van der Waals surface area (Å²) < 4.78 is 21.8. The molecule has 0 aliphatic heterocycles. The quantitative estimate of drug-likeness (QED) is 0.193. The first-order valence-corrected chi connectivity index (χ1v) is 13.1. The minimum absolute atomic E-state index is 0.0230. The molecular formula is C21H37N3O5S2. The molecule has 1 aromatic heterocycles. The molecule has 0 aliphatic carbocycles. The highest BCUT2D eigenvalue weighted by molar-refractivity contribution is 8.76. The molecule has 1 rings (SSSR count). The summed E-state index contributed by atoms with van der Waals surface area (Å²) in [6.07, 6.45) is 5.19. The Morgan fingerprint density at radius 3 is 2.23 bits per heavy atom. The van der Waals surface area contributed by atoms with Crippen LogP contribution in [0.15, 0.2) is 29.4 Å². The maximum Gasteiger partial charge on any atom is 0.222 e. The molecular weight excluding hydrogens is 438 g/mol. The zero-order valence-electron chi connectivity index (χ0n) is 18.3. The topological polar surface area (TPSA) is 105 Å². The zero-order valence-corrected chi connectivity index (χ0v) is 19.9. The van der Waals surface area contributed by atoms with Crippen LogP contribution in [-0.2, 0) is 23.7 Å². The van der Waals surface area contributed by atoms with E-state index < -0.39 is 0 Å². The first-order valence-electron chi connectivity index (χ1n) is 10.8. The minimum atomic E-state index is 0.0230. The van der Waals surface area contributed by atoms with E-state index >= 15 is 0 Å². The van der Waals surface area contributed by atoms with Crippen molar-refractivity contribution in [3.05, 3.63) is 24.4 Å². The van der Waals surface area contributed by atoms with Gasteiger partial charge in [-0.05, 0) is 42.3 Å². The number of nitrogens with one attached hydrogen (secondary N) is 1. The Kier molecular flexibility index (Phi) is 20.3. The Morgan fingerprint density at radius 2 is 1.58 bits per heavy atom. The number of unbranched alkanes of at least 4 members (excludes halogenated alkanes) is 2. The van der Waals surface area contributed by atoms with Crippen molar-refractivity contribution in [1.82, 2.24) is 10.3 Å². The van der Waals surface area contributed by atoms with Crippen LogP contribution >= 0.6 is 21.6 Å². The van der Waals surface area contributed by atoms with Gasteiger partial charge in [-0.3, -0.25) is 4.79 Å². The Labute approximate surface area is 194 Å². The standard InChI is InChI=1S/C21H37N3O5S2/c22-8-3-1-4-9-23-20(25)7-11-26-12-13-27-14-15-28-16-17-29-18-19-30-31-21-6-2-5-10-24-21/h2,5-6,10H,1,3-4,7-9,11-19,22H2,(H,23,25). The molecule has 1 heterocycles. The molecule has 1 amide bonds. The smallest absolute Gasteiger partial charge is 0.222 e. The van der Waals surface area contributed by atoms with Crippen molar-refractivity contribution in [2.45, 2.75) is 30.7 Å². The van der Waals surface area contributed by atoms with Gasteiger partial charge in [0, 0.05) is 24.9 Å². The van der Waals surface area contributed by atoms with Crippen molar-refractivity contribution < 1.29 is 23.7 Å². The van der Waals surface area contributed by atoms with Gasteiger partial charge in [0.2, 0.25) is 5.91 Å². The monoisotopic (exact) mass is 475 g/mol. The van der Waals surface area contributed by atoms with Gasteiger partial charge in [-0.1, -0.05) is 23.3 Å². The van der Waals surface area contributed by atoms with E-state index in [-0.39, 0.29) is 5.91 Å². The SMILES string of the molecule is NCCCCCNC(=O)CCOCCOCCOCCOCCSSc1ccccn1. The van der Waals surface area contributed by atoms with E-state index in [4.69, 9.17) is 24.7 Å². The van der Waals surface area contributed by atoms with Gasteiger partial charge in [0.05, 0.1) is 52.9 Å². The van der Waals surface area contributed by atoms with Gasteiger partial charge in [-0.25, -0.2) is 4.98 Å². The first-order chi connectivity index (χ1) is 15.3. The summed E-state index contributed by atoms with van der Waals surface area (Å²) in [6, 6.07) is 5.89. The summed E-state index contributed by atoms with van der Waals surface area (Å²) in [4.78, 5) is 15.8. The number of nitrogens with two attached hydrogens (primary N) is 1. The lowest BCUT2D eigenvalue weighted by Gasteiger charge is -2.08. The highest BCUT2D eigenvalue weighted by Gasteiger charge is 2.00. The molecule has 10 heteroatoms. The van der Waals surface area contributed by atoms with Crippen LogP contribution in [0.4, 0.5) is 0 Å². The van der Waals surface area contributed by atoms with E-state index in [1.165, 1.54) is 0 Å². The van der Waals surface area contributed by atoms with E-state index in [9.17, 15) is 4.79 Å². The molecule has 0 saturated heterocycles. The number of rotatable bonds is 22. The Hall–Kier alpha value is -0.880. The average molecular weight is 476 g/mol. The predicted molar refractivity (Wildman–Crippen MR) is 126 cm³/mol. The largest absolute Gasteiger partial charge is 0.379 e. The van der Waals surface area contributed by atoms with Crippen LogP contribution < -0.4 is 11.1 Å². The van der Waals surface area contributed by atoms with Crippen molar-refractivity contribution in [3.8, 4) is 0 Å². The molecule has 0 unspecified atom stereocenters. The lowest BCUT2D eigenvalue weighted by Crippen LogP contribution is -2.25. The fourth-order valence-electron chi connectivity index (χ4n) is 2.28. The number of ether oxygens (including phenoxy) is 4. The van der Waals surface area contributed by atoms with Gasteiger partial charge in [0.25, 0.3) is 0 Å². The van der Waals surface area contributed by atoms with Crippen LogP contribution in [0.3, 0.4) is 0 Å². The second-order valence-electron chi connectivity index (χ2n) is 6.47. The fourth-order valence-corrected chi connectivity index (χ4v) is 4.02. The maximum absolute atomic E-state index is 11.6. The molecule has 1 aromatic rings. The van der Waals surface area contributed by atoms with Gasteiger partial charge in [0.1, 0.15) is 5.03 Å². The number of hydrogen-bond acceptors (Lipinski definition) is 9. The molecule has 0 spiro atoms. The summed E-state index contributed by atoms with van der Waals surface area (Å²) >= 11 is 0. The Balaban J connectivity index is 1.71. The molecule has 0 saturated carbocycles. The number of pyridine rings is 1. The van der Waals surface area contributed by atoms with Crippen LogP contribution in [0.25, 0.3) is 0 Å². The second kappa shape index (κ2) is 22.3. The van der Waals surface area contributed by atoms with Crippen molar-refractivity contribution >= 4 is 27.5 Å². The highest BCUT2D eigenvalue weighted by Crippen LogP contribution is 2.28. The summed E-state index contributed by atoms with van der Waals surface area (Å²) in [6.45, 7) is 5.65. The average Bonchev–Trinajstić information content (AvgIpc) is 2.79. The molecule has 0 radical (unpaired) electrons. The number of nitrogens with zero attached hydrogens (tertiary/aromatic N) is 1. The molecule has 31 heavy (non-hydrogen) atoms. The van der Waals surface area contributed by atoms with Gasteiger partial charge in [-0.2, -0.15) is 0 Å². The zero-order chi connectivity index (χ0) is 22.2. The Bertz CT molecular complexity index is 529. The third-order valence-electron chi connectivity index (χ3n) is 3.89. The fraction of sp³-hybridized carbons (Fsp3) is 0.714. The van der Waals surface area contributed by atoms with Gasteiger partial charge in [0.15, 0.2) is 0 Å². The second-order valence-corrected chi connectivity index (χ2v) is 8.91. The normalized spacial score (nSPS) is 11.0. The first kappa shape index (κ1) is 28.2. The maximum atomic E-state index is 11.6. The van der Waals surface area contributed by atoms with E-state index in [2.05, 4.69) is 10.3 Å². The van der Waals surface area contributed by atoms with E-state index in [1.807, 2.05) is 18.2 Å². The molecule has 8 nitrogen and oxygen atoms in total. The molecule has 178 valence electrons. The molecule has 0 aliphatic rings. The van der Waals surface area contributed by atoms with E-state index in [0.29, 0.717) is 72.4 Å². The number of carbonyl (C=O) groups excluding carboxylic acids is 1. The molecule has 0 atom stereocenters. The number of carbonyl (C=O) groups is 1. The van der Waals surface area contributed by atoms with Crippen molar-refractivity contribution in [2.24, 2.45) is 5.73 Å². The van der Waals surface area contributed by atoms with E-state index in [1.54, 1.807) is 27.8 Å². The van der Waals surface area contributed by atoms with Crippen LogP contribution in [-0.4, -0.2) is 82.6 Å². The van der Waals surface area contributed by atoms with Crippen LogP contribution in [0.5, 0.6) is 0 Å². The van der Waals surface area contributed by atoms with Crippen LogP contribution in [0, 0.1) is 0 Å². The van der Waals surface area contributed by atoms with Gasteiger partial charge in [-0.15, -0.1) is 0 Å². The minimum Gasteiger partial charge on any atom is -0.379 e. The highest BCUT2D eigenvalue weighted by atomic mass is 33.1. The molecule has 0 bridgehead atoms. The molecule has 0 fully saturated rings. The summed E-state index contributed by atoms with van der Waals surface area (Å²) in [5.41, 5.74) is 5.43. The van der Waals surface area contributed by atoms with Crippen molar-refractivity contribution in [3.63, 3.8) is 0 Å². The third kappa shape index (κ3) is 19.5. The Morgan fingerprint density at radius 1 is 0.903 bits per heavy atom. The van der Waals surface area contributed by atoms with Crippen molar-refractivity contribution in [1.29, 1.82) is 0 Å². The summed E-state index contributed by atoms with van der Waals surface area (Å²) in [5, 5.41) is 3.89.